The van der Waals surface area contributed by atoms with Crippen LogP contribution in [0, 0.1) is 0 Å². The molecule has 5 heteroatoms. The predicted molar refractivity (Wildman–Crippen MR) is 107 cm³/mol. The van der Waals surface area contributed by atoms with Gasteiger partial charge in [0.15, 0.2) is 11.5 Å². The first-order valence-corrected chi connectivity index (χ1v) is 9.39. The molecule has 0 aliphatic carbocycles. The Morgan fingerprint density at radius 3 is 2.30 bits per heavy atom. The lowest BCUT2D eigenvalue weighted by Gasteiger charge is -2.17. The van der Waals surface area contributed by atoms with Gasteiger partial charge in [0, 0.05) is 6.42 Å². The molecule has 1 atom stereocenters. The summed E-state index contributed by atoms with van der Waals surface area (Å²) in [7, 11) is 1.64. The van der Waals surface area contributed by atoms with E-state index in [1.54, 1.807) is 7.11 Å². The van der Waals surface area contributed by atoms with E-state index in [1.807, 2.05) is 63.2 Å². The van der Waals surface area contributed by atoms with Gasteiger partial charge in [0.1, 0.15) is 5.75 Å². The van der Waals surface area contributed by atoms with E-state index in [1.165, 1.54) is 0 Å². The second-order valence-corrected chi connectivity index (χ2v) is 6.21. The first-order chi connectivity index (χ1) is 13.1. The molecule has 0 spiro atoms. The van der Waals surface area contributed by atoms with Gasteiger partial charge in [0.25, 0.3) is 0 Å². The van der Waals surface area contributed by atoms with E-state index in [2.05, 4.69) is 5.32 Å². The molecule has 0 heterocycles. The van der Waals surface area contributed by atoms with Crippen LogP contribution in [0.3, 0.4) is 0 Å². The molecule has 146 valence electrons. The average Bonchev–Trinajstić information content (AvgIpc) is 2.68. The van der Waals surface area contributed by atoms with Gasteiger partial charge in [-0.2, -0.15) is 0 Å². The Balaban J connectivity index is 1.93. The Labute approximate surface area is 161 Å². The summed E-state index contributed by atoms with van der Waals surface area (Å²) in [5, 5.41) is 3.05. The molecule has 0 radical (unpaired) electrons. The van der Waals surface area contributed by atoms with Gasteiger partial charge in [-0.1, -0.05) is 18.2 Å². The SMILES string of the molecule is CCOc1ccc([C@@H](C)NC(=O)CCc2ccc(OC)cc2)cc1OCC. The van der Waals surface area contributed by atoms with Crippen molar-refractivity contribution < 1.29 is 19.0 Å². The minimum Gasteiger partial charge on any atom is -0.497 e. The van der Waals surface area contributed by atoms with Gasteiger partial charge >= 0.3 is 0 Å². The highest BCUT2D eigenvalue weighted by Gasteiger charge is 2.13. The van der Waals surface area contributed by atoms with Crippen LogP contribution in [0.15, 0.2) is 42.5 Å². The lowest BCUT2D eigenvalue weighted by molar-refractivity contribution is -0.121. The highest BCUT2D eigenvalue weighted by Crippen LogP contribution is 2.30. The number of carbonyl (C=O) groups excluding carboxylic acids is 1. The summed E-state index contributed by atoms with van der Waals surface area (Å²) in [6.45, 7) is 6.99. The van der Waals surface area contributed by atoms with Gasteiger partial charge in [-0.05, 0) is 62.6 Å². The summed E-state index contributed by atoms with van der Waals surface area (Å²) < 4.78 is 16.4. The Morgan fingerprint density at radius 1 is 1.00 bits per heavy atom. The Morgan fingerprint density at radius 2 is 1.67 bits per heavy atom. The van der Waals surface area contributed by atoms with Crippen molar-refractivity contribution in [3.8, 4) is 17.2 Å². The van der Waals surface area contributed by atoms with Crippen molar-refractivity contribution in [2.75, 3.05) is 20.3 Å². The molecule has 0 fully saturated rings. The van der Waals surface area contributed by atoms with Crippen molar-refractivity contribution in [1.82, 2.24) is 5.32 Å². The minimum atomic E-state index is -0.108. The van der Waals surface area contributed by atoms with Gasteiger partial charge in [-0.25, -0.2) is 0 Å². The molecule has 2 aromatic carbocycles. The average molecular weight is 371 g/mol. The first kappa shape index (κ1) is 20.6. The Kier molecular flexibility index (Phi) is 7.99. The standard InChI is InChI=1S/C22H29NO4/c1-5-26-20-13-10-18(15-21(20)27-6-2)16(3)23-22(24)14-9-17-7-11-19(25-4)12-8-17/h7-8,10-13,15-16H,5-6,9,14H2,1-4H3,(H,23,24)/t16-/m1/s1. The zero-order valence-corrected chi connectivity index (χ0v) is 16.6. The van der Waals surface area contributed by atoms with Gasteiger partial charge in [-0.15, -0.1) is 0 Å². The Bertz CT molecular complexity index is 728. The zero-order chi connectivity index (χ0) is 19.6. The summed E-state index contributed by atoms with van der Waals surface area (Å²) >= 11 is 0. The van der Waals surface area contributed by atoms with Crippen molar-refractivity contribution >= 4 is 5.91 Å². The maximum Gasteiger partial charge on any atom is 0.220 e. The molecule has 2 aromatic rings. The molecule has 0 unspecified atom stereocenters. The monoisotopic (exact) mass is 371 g/mol. The molecule has 0 saturated heterocycles. The lowest BCUT2D eigenvalue weighted by atomic mass is 10.1. The molecule has 0 aromatic heterocycles. The van der Waals surface area contributed by atoms with Gasteiger partial charge < -0.3 is 19.5 Å². The topological polar surface area (TPSA) is 56.8 Å². The quantitative estimate of drug-likeness (QED) is 0.676. The minimum absolute atomic E-state index is 0.0187. The number of hydrogen-bond donors (Lipinski definition) is 1. The first-order valence-electron chi connectivity index (χ1n) is 9.39. The van der Waals surface area contributed by atoms with Crippen molar-refractivity contribution in [2.45, 2.75) is 39.7 Å². The maximum absolute atomic E-state index is 12.3. The fourth-order valence-electron chi connectivity index (χ4n) is 2.78. The number of benzene rings is 2. The molecular weight excluding hydrogens is 342 g/mol. The molecule has 5 nitrogen and oxygen atoms in total. The number of rotatable bonds is 10. The second kappa shape index (κ2) is 10.5. The normalized spacial score (nSPS) is 11.6. The molecule has 0 aliphatic heterocycles. The van der Waals surface area contributed by atoms with Crippen LogP contribution >= 0.6 is 0 Å². The van der Waals surface area contributed by atoms with Crippen molar-refractivity contribution in [1.29, 1.82) is 0 Å². The summed E-state index contributed by atoms with van der Waals surface area (Å²) in [5.74, 6) is 2.26. The smallest absolute Gasteiger partial charge is 0.220 e. The van der Waals surface area contributed by atoms with Crippen LogP contribution in [0.1, 0.15) is 44.4 Å². The number of ether oxygens (including phenoxy) is 3. The van der Waals surface area contributed by atoms with E-state index in [-0.39, 0.29) is 11.9 Å². The highest BCUT2D eigenvalue weighted by atomic mass is 16.5. The molecule has 0 bridgehead atoms. The van der Waals surface area contributed by atoms with Crippen molar-refractivity contribution in [3.63, 3.8) is 0 Å². The summed E-state index contributed by atoms with van der Waals surface area (Å²) in [6, 6.07) is 13.5. The summed E-state index contributed by atoms with van der Waals surface area (Å²) in [6.07, 6.45) is 1.13. The van der Waals surface area contributed by atoms with Crippen LogP contribution in [0.25, 0.3) is 0 Å². The molecule has 0 aliphatic rings. The third kappa shape index (κ3) is 6.20. The summed E-state index contributed by atoms with van der Waals surface area (Å²) in [5.41, 5.74) is 2.10. The van der Waals surface area contributed by atoms with Crippen LogP contribution in [0.5, 0.6) is 17.2 Å². The van der Waals surface area contributed by atoms with Crippen LogP contribution in [0.2, 0.25) is 0 Å². The number of aryl methyl sites for hydroxylation is 1. The largest absolute Gasteiger partial charge is 0.497 e. The second-order valence-electron chi connectivity index (χ2n) is 6.21. The molecule has 1 N–H and O–H groups in total. The number of amides is 1. The van der Waals surface area contributed by atoms with Crippen LogP contribution in [-0.4, -0.2) is 26.2 Å². The van der Waals surface area contributed by atoms with E-state index in [0.29, 0.717) is 31.8 Å². The van der Waals surface area contributed by atoms with Crippen molar-refractivity contribution in [2.24, 2.45) is 0 Å². The molecule has 0 saturated carbocycles. The van der Waals surface area contributed by atoms with E-state index in [9.17, 15) is 4.79 Å². The van der Waals surface area contributed by atoms with Crippen LogP contribution in [0.4, 0.5) is 0 Å². The van der Waals surface area contributed by atoms with E-state index in [4.69, 9.17) is 14.2 Å². The van der Waals surface area contributed by atoms with E-state index >= 15 is 0 Å². The molecular formula is C22H29NO4. The van der Waals surface area contributed by atoms with E-state index < -0.39 is 0 Å². The number of hydrogen-bond acceptors (Lipinski definition) is 4. The fourth-order valence-corrected chi connectivity index (χ4v) is 2.78. The third-order valence-electron chi connectivity index (χ3n) is 4.24. The fraction of sp³-hybridized carbons (Fsp3) is 0.409. The highest BCUT2D eigenvalue weighted by molar-refractivity contribution is 5.76. The van der Waals surface area contributed by atoms with Crippen LogP contribution in [-0.2, 0) is 11.2 Å². The summed E-state index contributed by atoms with van der Waals surface area (Å²) in [4.78, 5) is 12.3. The molecule has 27 heavy (non-hydrogen) atoms. The van der Waals surface area contributed by atoms with Gasteiger partial charge in [-0.3, -0.25) is 4.79 Å². The van der Waals surface area contributed by atoms with Gasteiger partial charge in [0.05, 0.1) is 26.4 Å². The van der Waals surface area contributed by atoms with Crippen LogP contribution < -0.4 is 19.5 Å². The maximum atomic E-state index is 12.3. The third-order valence-corrected chi connectivity index (χ3v) is 4.24. The van der Waals surface area contributed by atoms with E-state index in [0.717, 1.165) is 22.6 Å². The number of nitrogens with one attached hydrogen (secondary N) is 1. The zero-order valence-electron chi connectivity index (χ0n) is 16.6. The Hall–Kier alpha value is -2.69. The van der Waals surface area contributed by atoms with Crippen molar-refractivity contribution in [3.05, 3.63) is 53.6 Å². The number of carbonyl (C=O) groups is 1. The predicted octanol–water partition coefficient (Wildman–Crippen LogP) is 4.30. The van der Waals surface area contributed by atoms with Gasteiger partial charge in [0.2, 0.25) is 5.91 Å². The lowest BCUT2D eigenvalue weighted by Crippen LogP contribution is -2.26. The number of methoxy groups -OCH3 is 1. The molecule has 2 rings (SSSR count). The molecule has 1 amide bonds.